The number of halogens is 1. The average Bonchev–Trinajstić information content (AvgIpc) is 3.15. The van der Waals surface area contributed by atoms with E-state index in [1.54, 1.807) is 41.0 Å². The van der Waals surface area contributed by atoms with Crippen LogP contribution in [-0.4, -0.2) is 18.0 Å². The molecule has 0 radical (unpaired) electrons. The van der Waals surface area contributed by atoms with Gasteiger partial charge in [0.2, 0.25) is 14.9 Å². The molecule has 1 N–H and O–H groups in total. The minimum Gasteiger partial charge on any atom is -0.339 e. The van der Waals surface area contributed by atoms with Gasteiger partial charge < -0.3 is 5.32 Å². The molecule has 0 unspecified atom stereocenters. The van der Waals surface area contributed by atoms with Crippen LogP contribution in [0.5, 0.6) is 0 Å². The number of anilines is 2. The van der Waals surface area contributed by atoms with Crippen molar-refractivity contribution < 1.29 is 8.42 Å². The molecule has 0 saturated carbocycles. The Morgan fingerprint density at radius 1 is 0.833 bits per heavy atom. The highest BCUT2D eigenvalue weighted by Crippen LogP contribution is 2.31. The molecule has 0 aliphatic heterocycles. The van der Waals surface area contributed by atoms with Gasteiger partial charge in [-0.2, -0.15) is 0 Å². The Labute approximate surface area is 180 Å². The summed E-state index contributed by atoms with van der Waals surface area (Å²) in [6.45, 7) is 3.91. The first kappa shape index (κ1) is 20.2. The van der Waals surface area contributed by atoms with Crippen LogP contribution in [0.3, 0.4) is 0 Å². The van der Waals surface area contributed by atoms with Crippen molar-refractivity contribution in [1.82, 2.24) is 9.55 Å². The van der Waals surface area contributed by atoms with Crippen LogP contribution in [0.4, 0.5) is 11.5 Å². The number of hydrogen-bond donors (Lipinski definition) is 1. The third-order valence-corrected chi connectivity index (χ3v) is 6.69. The lowest BCUT2D eigenvalue weighted by Crippen LogP contribution is -2.08. The van der Waals surface area contributed by atoms with Crippen molar-refractivity contribution in [1.29, 1.82) is 0 Å². The van der Waals surface area contributed by atoms with Crippen LogP contribution >= 0.6 is 11.6 Å². The van der Waals surface area contributed by atoms with Crippen molar-refractivity contribution in [2.45, 2.75) is 23.8 Å². The van der Waals surface area contributed by atoms with Gasteiger partial charge in [-0.3, -0.25) is 4.57 Å². The van der Waals surface area contributed by atoms with Gasteiger partial charge in [0, 0.05) is 16.4 Å². The van der Waals surface area contributed by atoms with Crippen molar-refractivity contribution in [3.8, 4) is 5.69 Å². The quantitative estimate of drug-likeness (QED) is 0.433. The summed E-state index contributed by atoms with van der Waals surface area (Å²) in [4.78, 5) is 4.47. The summed E-state index contributed by atoms with van der Waals surface area (Å²) >= 11 is 6.02. The number of rotatable bonds is 5. The van der Waals surface area contributed by atoms with Crippen LogP contribution in [-0.2, 0) is 9.84 Å². The largest absolute Gasteiger partial charge is 0.339 e. The summed E-state index contributed by atoms with van der Waals surface area (Å²) in [6, 6.07) is 21.6. The molecule has 5 nitrogen and oxygen atoms in total. The van der Waals surface area contributed by atoms with Gasteiger partial charge >= 0.3 is 0 Å². The highest BCUT2D eigenvalue weighted by molar-refractivity contribution is 7.91. The summed E-state index contributed by atoms with van der Waals surface area (Å²) in [7, 11) is -3.83. The van der Waals surface area contributed by atoms with Gasteiger partial charge in [0.15, 0.2) is 5.82 Å². The molecular weight excluding hydrogens is 418 g/mol. The monoisotopic (exact) mass is 437 g/mol. The van der Waals surface area contributed by atoms with Crippen molar-refractivity contribution in [3.05, 3.63) is 95.3 Å². The zero-order valence-corrected chi connectivity index (χ0v) is 18.1. The minimum absolute atomic E-state index is 0.0399. The van der Waals surface area contributed by atoms with Gasteiger partial charge in [0.1, 0.15) is 6.33 Å². The fourth-order valence-corrected chi connectivity index (χ4v) is 4.48. The first-order chi connectivity index (χ1) is 14.3. The molecule has 0 saturated heterocycles. The molecule has 0 aliphatic carbocycles. The van der Waals surface area contributed by atoms with E-state index >= 15 is 0 Å². The van der Waals surface area contributed by atoms with Crippen molar-refractivity contribution in [2.24, 2.45) is 0 Å². The van der Waals surface area contributed by atoms with E-state index in [1.807, 2.05) is 50.2 Å². The predicted octanol–water partition coefficient (Wildman–Crippen LogP) is 5.72. The maximum atomic E-state index is 13.4. The topological polar surface area (TPSA) is 64.0 Å². The second kappa shape index (κ2) is 7.97. The third-order valence-electron chi connectivity index (χ3n) is 4.74. The number of aryl methyl sites for hydroxylation is 2. The predicted molar refractivity (Wildman–Crippen MR) is 120 cm³/mol. The molecule has 1 aromatic heterocycles. The first-order valence-corrected chi connectivity index (χ1v) is 11.2. The van der Waals surface area contributed by atoms with E-state index in [9.17, 15) is 8.42 Å². The molecule has 0 amide bonds. The maximum absolute atomic E-state index is 13.4. The number of hydrogen-bond acceptors (Lipinski definition) is 4. The standard InChI is InChI=1S/C23H20ClN3O2S/c1-16-3-9-19(10-4-16)26-22-23(30(28,29)21-13-5-17(2)6-14-21)25-15-27(22)20-11-7-18(24)8-12-20/h3-15,26H,1-2H3. The van der Waals surface area contributed by atoms with Crippen LogP contribution in [0.2, 0.25) is 5.02 Å². The molecule has 0 aliphatic rings. The zero-order valence-electron chi connectivity index (χ0n) is 16.5. The second-order valence-electron chi connectivity index (χ2n) is 7.05. The number of nitrogens with one attached hydrogen (secondary N) is 1. The summed E-state index contributed by atoms with van der Waals surface area (Å²) in [5, 5.41) is 3.79. The Morgan fingerprint density at radius 3 is 2.00 bits per heavy atom. The molecular formula is C23H20ClN3O2S. The minimum atomic E-state index is -3.83. The van der Waals surface area contributed by atoms with E-state index in [4.69, 9.17) is 11.6 Å². The number of benzene rings is 3. The van der Waals surface area contributed by atoms with E-state index in [0.717, 1.165) is 22.5 Å². The summed E-state index contributed by atoms with van der Waals surface area (Å²) in [6.07, 6.45) is 1.50. The molecule has 0 spiro atoms. The molecule has 7 heteroatoms. The van der Waals surface area contributed by atoms with E-state index < -0.39 is 9.84 Å². The van der Waals surface area contributed by atoms with Crippen LogP contribution in [0, 0.1) is 13.8 Å². The van der Waals surface area contributed by atoms with Crippen LogP contribution < -0.4 is 5.32 Å². The summed E-state index contributed by atoms with van der Waals surface area (Å²) < 4.78 is 28.4. The third kappa shape index (κ3) is 3.97. The Bertz CT molecular complexity index is 1280. The van der Waals surface area contributed by atoms with Crippen LogP contribution in [0.1, 0.15) is 11.1 Å². The highest BCUT2D eigenvalue weighted by Gasteiger charge is 2.27. The van der Waals surface area contributed by atoms with Crippen molar-refractivity contribution >= 4 is 32.9 Å². The Hall–Kier alpha value is -3.09. The molecule has 152 valence electrons. The fourth-order valence-electron chi connectivity index (χ4n) is 3.04. The second-order valence-corrected chi connectivity index (χ2v) is 9.35. The molecule has 30 heavy (non-hydrogen) atoms. The summed E-state index contributed by atoms with van der Waals surface area (Å²) in [5.41, 5.74) is 3.60. The Balaban J connectivity index is 1.86. The lowest BCUT2D eigenvalue weighted by Gasteiger charge is -2.13. The average molecular weight is 438 g/mol. The van der Waals surface area contributed by atoms with Gasteiger partial charge in [-0.25, -0.2) is 13.4 Å². The molecule has 1 heterocycles. The Morgan fingerprint density at radius 2 is 1.40 bits per heavy atom. The van der Waals surface area contributed by atoms with Gasteiger partial charge in [0.05, 0.1) is 4.90 Å². The number of imidazole rings is 1. The smallest absolute Gasteiger partial charge is 0.227 e. The normalized spacial score (nSPS) is 11.4. The van der Waals surface area contributed by atoms with Crippen LogP contribution in [0.25, 0.3) is 5.69 Å². The molecule has 3 aromatic carbocycles. The number of nitrogens with zero attached hydrogens (tertiary/aromatic N) is 2. The lowest BCUT2D eigenvalue weighted by molar-refractivity contribution is 0.593. The van der Waals surface area contributed by atoms with E-state index in [0.29, 0.717) is 10.8 Å². The molecule has 4 rings (SSSR count). The lowest BCUT2D eigenvalue weighted by atomic mass is 10.2. The Kier molecular flexibility index (Phi) is 5.37. The van der Waals surface area contributed by atoms with E-state index in [1.165, 1.54) is 6.33 Å². The molecule has 0 bridgehead atoms. The van der Waals surface area contributed by atoms with Crippen LogP contribution in [0.15, 0.2) is 89.0 Å². The number of aromatic nitrogens is 2. The first-order valence-electron chi connectivity index (χ1n) is 9.33. The van der Waals surface area contributed by atoms with E-state index in [-0.39, 0.29) is 9.92 Å². The van der Waals surface area contributed by atoms with Crippen molar-refractivity contribution in [2.75, 3.05) is 5.32 Å². The summed E-state index contributed by atoms with van der Waals surface area (Å²) in [5.74, 6) is 0.363. The highest BCUT2D eigenvalue weighted by atomic mass is 35.5. The van der Waals surface area contributed by atoms with E-state index in [2.05, 4.69) is 10.3 Å². The van der Waals surface area contributed by atoms with Gasteiger partial charge in [-0.1, -0.05) is 47.0 Å². The number of sulfone groups is 1. The molecule has 4 aromatic rings. The van der Waals surface area contributed by atoms with Crippen molar-refractivity contribution in [3.63, 3.8) is 0 Å². The molecule has 0 fully saturated rings. The molecule has 0 atom stereocenters. The van der Waals surface area contributed by atoms with Gasteiger partial charge in [-0.15, -0.1) is 0 Å². The fraction of sp³-hybridized carbons (Fsp3) is 0.0870. The zero-order chi connectivity index (χ0) is 21.3. The SMILES string of the molecule is Cc1ccc(Nc2c(S(=O)(=O)c3ccc(C)cc3)ncn2-c2ccc(Cl)cc2)cc1. The maximum Gasteiger partial charge on any atom is 0.227 e. The van der Waals surface area contributed by atoms with Gasteiger partial charge in [-0.05, 0) is 62.4 Å². The van der Waals surface area contributed by atoms with Gasteiger partial charge in [0.25, 0.3) is 0 Å².